The molecule has 3 aromatic rings. The summed E-state index contributed by atoms with van der Waals surface area (Å²) in [6.45, 7) is -0.471. The first-order chi connectivity index (χ1) is 16.7. The second kappa shape index (κ2) is 10.3. The molecule has 0 saturated carbocycles. The molecular formula is C25H17F3N2O3S2. The minimum Gasteiger partial charge on any atom is -0.484 e. The highest BCUT2D eigenvalue weighted by Crippen LogP contribution is 2.36. The number of hydrogen-bond donors (Lipinski definition) is 1. The van der Waals surface area contributed by atoms with Crippen molar-refractivity contribution in [3.8, 4) is 5.75 Å². The number of alkyl halides is 3. The van der Waals surface area contributed by atoms with Crippen LogP contribution in [0.4, 0.5) is 24.5 Å². The van der Waals surface area contributed by atoms with Crippen LogP contribution in [0.15, 0.2) is 83.8 Å². The molecular weight excluding hydrogens is 497 g/mol. The average molecular weight is 515 g/mol. The number of rotatable bonds is 6. The van der Waals surface area contributed by atoms with Gasteiger partial charge in [0, 0.05) is 0 Å². The Morgan fingerprint density at radius 2 is 1.66 bits per heavy atom. The summed E-state index contributed by atoms with van der Waals surface area (Å²) in [5, 5.41) is 2.22. The van der Waals surface area contributed by atoms with Crippen LogP contribution in [0.25, 0.3) is 6.08 Å². The van der Waals surface area contributed by atoms with Gasteiger partial charge in [-0.2, -0.15) is 13.2 Å². The van der Waals surface area contributed by atoms with Crippen molar-refractivity contribution in [2.75, 3.05) is 16.8 Å². The molecule has 178 valence electrons. The lowest BCUT2D eigenvalue weighted by Crippen LogP contribution is -2.27. The quantitative estimate of drug-likeness (QED) is 0.317. The number of halogens is 3. The van der Waals surface area contributed by atoms with E-state index in [2.05, 4.69) is 5.32 Å². The van der Waals surface area contributed by atoms with Crippen LogP contribution < -0.4 is 15.0 Å². The van der Waals surface area contributed by atoms with Gasteiger partial charge in [-0.3, -0.25) is 14.5 Å². The Morgan fingerprint density at radius 1 is 1.00 bits per heavy atom. The first-order valence-electron chi connectivity index (χ1n) is 10.2. The van der Waals surface area contributed by atoms with Gasteiger partial charge in [0.05, 0.1) is 21.8 Å². The fraction of sp³-hybridized carbons (Fsp3) is 0.0800. The maximum Gasteiger partial charge on any atom is 0.418 e. The molecule has 4 rings (SSSR count). The van der Waals surface area contributed by atoms with E-state index in [4.69, 9.17) is 17.0 Å². The predicted octanol–water partition coefficient (Wildman–Crippen LogP) is 6.13. The number of hydrogen-bond acceptors (Lipinski definition) is 5. The summed E-state index contributed by atoms with van der Waals surface area (Å²) in [4.78, 5) is 26.9. The summed E-state index contributed by atoms with van der Waals surface area (Å²) in [6.07, 6.45) is -2.89. The van der Waals surface area contributed by atoms with Gasteiger partial charge >= 0.3 is 6.18 Å². The molecule has 1 heterocycles. The van der Waals surface area contributed by atoms with E-state index in [9.17, 15) is 22.8 Å². The minimum absolute atomic E-state index is 0.220. The third-order valence-corrected chi connectivity index (χ3v) is 6.16. The molecule has 35 heavy (non-hydrogen) atoms. The predicted molar refractivity (Wildman–Crippen MR) is 134 cm³/mol. The van der Waals surface area contributed by atoms with E-state index in [1.165, 1.54) is 34.9 Å². The summed E-state index contributed by atoms with van der Waals surface area (Å²) < 4.78 is 45.0. The van der Waals surface area contributed by atoms with Crippen molar-refractivity contribution in [2.24, 2.45) is 0 Å². The first-order valence-corrected chi connectivity index (χ1v) is 11.5. The second-order valence-corrected chi connectivity index (χ2v) is 8.98. The molecule has 2 amide bonds. The van der Waals surface area contributed by atoms with Gasteiger partial charge in [-0.15, -0.1) is 0 Å². The van der Waals surface area contributed by atoms with Gasteiger partial charge in [-0.05, 0) is 48.0 Å². The van der Waals surface area contributed by atoms with Crippen LogP contribution in [-0.4, -0.2) is 22.7 Å². The Bertz CT molecular complexity index is 1290. The van der Waals surface area contributed by atoms with Gasteiger partial charge in [0.15, 0.2) is 10.9 Å². The lowest BCUT2D eigenvalue weighted by Gasteiger charge is -2.14. The molecule has 0 aromatic heterocycles. The lowest BCUT2D eigenvalue weighted by molar-refractivity contribution is -0.137. The number of thioether (sulfide) groups is 1. The van der Waals surface area contributed by atoms with Crippen LogP contribution in [0.5, 0.6) is 5.75 Å². The van der Waals surface area contributed by atoms with Crippen molar-refractivity contribution in [1.29, 1.82) is 0 Å². The van der Waals surface area contributed by atoms with Crippen molar-refractivity contribution < 1.29 is 27.5 Å². The zero-order valence-electron chi connectivity index (χ0n) is 17.9. The normalized spacial score (nSPS) is 14.9. The van der Waals surface area contributed by atoms with E-state index < -0.39 is 24.3 Å². The van der Waals surface area contributed by atoms with E-state index in [-0.39, 0.29) is 11.6 Å². The number of carbonyl (C=O) groups is 2. The van der Waals surface area contributed by atoms with Crippen LogP contribution in [0, 0.1) is 0 Å². The Balaban J connectivity index is 1.37. The van der Waals surface area contributed by atoms with Crippen LogP contribution in [0.2, 0.25) is 0 Å². The summed E-state index contributed by atoms with van der Waals surface area (Å²) in [5.74, 6) is -0.601. The first kappa shape index (κ1) is 24.5. The third kappa shape index (κ3) is 5.90. The Labute approximate surface area is 208 Å². The molecule has 1 aliphatic rings. The van der Waals surface area contributed by atoms with E-state index in [1.807, 2.05) is 18.2 Å². The fourth-order valence-corrected chi connectivity index (χ4v) is 4.55. The van der Waals surface area contributed by atoms with Crippen LogP contribution in [0.3, 0.4) is 0 Å². The van der Waals surface area contributed by atoms with Crippen molar-refractivity contribution in [3.05, 3.63) is 94.9 Å². The summed E-state index contributed by atoms with van der Waals surface area (Å²) in [7, 11) is 0. The summed E-state index contributed by atoms with van der Waals surface area (Å²) in [5.41, 5.74) is 0.139. The molecule has 3 aromatic carbocycles. The largest absolute Gasteiger partial charge is 0.484 e. The summed E-state index contributed by atoms with van der Waals surface area (Å²) >= 11 is 6.55. The van der Waals surface area contributed by atoms with Gasteiger partial charge < -0.3 is 10.1 Å². The maximum atomic E-state index is 13.1. The molecule has 10 heteroatoms. The number of thiocarbonyl (C=S) groups is 1. The molecule has 0 aliphatic carbocycles. The highest BCUT2D eigenvalue weighted by Gasteiger charge is 2.34. The standard InChI is InChI=1S/C25H17F3N2O3S2/c26-25(27,28)19-8-4-5-9-20(19)29-22(31)15-33-18-12-10-16(11-13-18)14-21-23(32)30(24(34)35-21)17-6-2-1-3-7-17/h1-14H,15H2,(H,29,31)/b21-14-. The smallest absolute Gasteiger partial charge is 0.418 e. The molecule has 1 fully saturated rings. The number of ether oxygens (including phenoxy) is 1. The molecule has 1 aliphatic heterocycles. The Hall–Kier alpha value is -3.63. The zero-order valence-corrected chi connectivity index (χ0v) is 19.5. The van der Waals surface area contributed by atoms with E-state index >= 15 is 0 Å². The monoisotopic (exact) mass is 514 g/mol. The molecule has 0 atom stereocenters. The van der Waals surface area contributed by atoms with E-state index in [1.54, 1.807) is 42.5 Å². The molecule has 0 unspecified atom stereocenters. The molecule has 0 bridgehead atoms. The topological polar surface area (TPSA) is 58.6 Å². The van der Waals surface area contributed by atoms with Crippen molar-refractivity contribution in [1.82, 2.24) is 0 Å². The van der Waals surface area contributed by atoms with Gasteiger partial charge in [0.1, 0.15) is 5.75 Å². The maximum absolute atomic E-state index is 13.1. The third-order valence-electron chi connectivity index (χ3n) is 4.86. The number of carbonyl (C=O) groups excluding carboxylic acids is 2. The number of nitrogens with one attached hydrogen (secondary N) is 1. The van der Waals surface area contributed by atoms with E-state index in [0.29, 0.717) is 20.7 Å². The van der Waals surface area contributed by atoms with Crippen LogP contribution in [0.1, 0.15) is 11.1 Å². The minimum atomic E-state index is -4.59. The van der Waals surface area contributed by atoms with Crippen molar-refractivity contribution >= 4 is 57.6 Å². The van der Waals surface area contributed by atoms with Crippen molar-refractivity contribution in [3.63, 3.8) is 0 Å². The van der Waals surface area contributed by atoms with Gasteiger partial charge in [-0.25, -0.2) is 0 Å². The number of para-hydroxylation sites is 2. The van der Waals surface area contributed by atoms with Crippen LogP contribution in [-0.2, 0) is 15.8 Å². The van der Waals surface area contributed by atoms with Gasteiger partial charge in [0.2, 0.25) is 0 Å². The Kier molecular flexibility index (Phi) is 7.23. The number of anilines is 2. The number of nitrogens with zero attached hydrogens (tertiary/aromatic N) is 1. The number of benzene rings is 3. The van der Waals surface area contributed by atoms with Crippen molar-refractivity contribution in [2.45, 2.75) is 6.18 Å². The Morgan fingerprint density at radius 3 is 2.34 bits per heavy atom. The lowest BCUT2D eigenvalue weighted by atomic mass is 10.1. The summed E-state index contributed by atoms with van der Waals surface area (Å²) in [6, 6.07) is 20.4. The SMILES string of the molecule is O=C(COc1ccc(/C=C2\SC(=S)N(c3ccccc3)C2=O)cc1)Nc1ccccc1C(F)(F)F. The van der Waals surface area contributed by atoms with Gasteiger partial charge in [-0.1, -0.05) is 66.4 Å². The van der Waals surface area contributed by atoms with Gasteiger partial charge in [0.25, 0.3) is 11.8 Å². The fourth-order valence-electron chi connectivity index (χ4n) is 3.25. The molecule has 0 radical (unpaired) electrons. The van der Waals surface area contributed by atoms with E-state index in [0.717, 1.165) is 11.6 Å². The average Bonchev–Trinajstić information content (AvgIpc) is 3.11. The molecule has 5 nitrogen and oxygen atoms in total. The second-order valence-electron chi connectivity index (χ2n) is 7.30. The molecule has 0 spiro atoms. The molecule has 1 N–H and O–H groups in total. The van der Waals surface area contributed by atoms with Crippen LogP contribution >= 0.6 is 24.0 Å². The highest BCUT2D eigenvalue weighted by atomic mass is 32.2. The molecule has 1 saturated heterocycles. The zero-order chi connectivity index (χ0) is 25.0. The number of amides is 2. The highest BCUT2D eigenvalue weighted by molar-refractivity contribution is 8.27.